The van der Waals surface area contributed by atoms with Gasteiger partial charge in [0.1, 0.15) is 5.82 Å². The third kappa shape index (κ3) is 3.65. The molecule has 0 saturated heterocycles. The van der Waals surface area contributed by atoms with E-state index in [1.807, 2.05) is 29.6 Å². The van der Waals surface area contributed by atoms with E-state index in [1.165, 1.54) is 23.5 Å². The summed E-state index contributed by atoms with van der Waals surface area (Å²) in [5, 5.41) is 6.51. The van der Waals surface area contributed by atoms with Gasteiger partial charge in [-0.05, 0) is 42.0 Å². The summed E-state index contributed by atoms with van der Waals surface area (Å²) in [5.74, 6) is -0.256. The molecule has 3 aromatic rings. The van der Waals surface area contributed by atoms with Crippen molar-refractivity contribution in [2.24, 2.45) is 10.1 Å². The van der Waals surface area contributed by atoms with Crippen molar-refractivity contribution in [3.63, 3.8) is 0 Å². The average molecular weight is 390 g/mol. The molecule has 0 aliphatic rings. The molecule has 1 aromatic heterocycles. The highest BCUT2D eigenvalue weighted by molar-refractivity contribution is 9.10. The molecule has 116 valence electrons. The van der Waals surface area contributed by atoms with Gasteiger partial charge in [0.2, 0.25) is 4.80 Å². The predicted molar refractivity (Wildman–Crippen MR) is 96.3 cm³/mol. The number of rotatable bonds is 3. The van der Waals surface area contributed by atoms with Crippen molar-refractivity contribution in [3.05, 3.63) is 74.6 Å². The van der Waals surface area contributed by atoms with Gasteiger partial charge in [0.15, 0.2) is 0 Å². The number of benzene rings is 2. The van der Waals surface area contributed by atoms with E-state index in [1.54, 1.807) is 30.1 Å². The molecule has 0 radical (unpaired) electrons. The van der Waals surface area contributed by atoms with Crippen LogP contribution in [0, 0.1) is 5.82 Å². The fourth-order valence-electron chi connectivity index (χ4n) is 2.09. The Hall–Kier alpha value is -2.05. The highest BCUT2D eigenvalue weighted by Gasteiger charge is 2.07. The molecule has 2 aromatic carbocycles. The summed E-state index contributed by atoms with van der Waals surface area (Å²) in [6.07, 6.45) is 1.78. The van der Waals surface area contributed by atoms with Crippen LogP contribution in [-0.2, 0) is 0 Å². The molecule has 23 heavy (non-hydrogen) atoms. The molecule has 0 N–H and O–H groups in total. The minimum Gasteiger partial charge on any atom is -0.261 e. The summed E-state index contributed by atoms with van der Waals surface area (Å²) >= 11 is 4.94. The number of halogens is 2. The summed E-state index contributed by atoms with van der Waals surface area (Å²) in [5.41, 5.74) is 2.75. The van der Waals surface area contributed by atoms with Crippen molar-refractivity contribution >= 4 is 33.5 Å². The Morgan fingerprint density at radius 3 is 2.65 bits per heavy atom. The summed E-state index contributed by atoms with van der Waals surface area (Å²) in [4.78, 5) is 5.02. The summed E-state index contributed by atoms with van der Waals surface area (Å²) in [6.45, 7) is 0. The molecule has 0 fully saturated rings. The lowest BCUT2D eigenvalue weighted by Gasteiger charge is -2.03. The topological polar surface area (TPSA) is 29.6 Å². The molecule has 0 bridgehead atoms. The SMILES string of the molecule is CN=c1scc(-c2ccc(F)cc2)n1/N=C\c1cccc(Br)c1. The second kappa shape index (κ2) is 7.02. The Balaban J connectivity index is 2.04. The molecule has 0 atom stereocenters. The van der Waals surface area contributed by atoms with Crippen LogP contribution in [0.15, 0.2) is 68.5 Å². The van der Waals surface area contributed by atoms with Crippen molar-refractivity contribution in [3.8, 4) is 11.3 Å². The summed E-state index contributed by atoms with van der Waals surface area (Å²) < 4.78 is 15.9. The smallest absolute Gasteiger partial charge is 0.205 e. The van der Waals surface area contributed by atoms with E-state index in [0.29, 0.717) is 0 Å². The number of hydrogen-bond donors (Lipinski definition) is 0. The minimum atomic E-state index is -0.256. The van der Waals surface area contributed by atoms with Crippen LogP contribution in [0.3, 0.4) is 0 Å². The largest absolute Gasteiger partial charge is 0.261 e. The van der Waals surface area contributed by atoms with Gasteiger partial charge in [-0.25, -0.2) is 9.07 Å². The number of thiazole rings is 1. The van der Waals surface area contributed by atoms with Crippen LogP contribution in [0.5, 0.6) is 0 Å². The molecule has 3 rings (SSSR count). The quantitative estimate of drug-likeness (QED) is 0.589. The molecule has 6 heteroatoms. The summed E-state index contributed by atoms with van der Waals surface area (Å²) in [7, 11) is 1.73. The lowest BCUT2D eigenvalue weighted by Crippen LogP contribution is -2.11. The highest BCUT2D eigenvalue weighted by Crippen LogP contribution is 2.20. The Kier molecular flexibility index (Phi) is 4.83. The Labute approximate surface area is 145 Å². The zero-order valence-electron chi connectivity index (χ0n) is 12.3. The van der Waals surface area contributed by atoms with Gasteiger partial charge in [0.25, 0.3) is 0 Å². The maximum absolute atomic E-state index is 13.1. The first kappa shape index (κ1) is 15.8. The molecule has 0 unspecified atom stereocenters. The molecule has 0 saturated carbocycles. The van der Waals surface area contributed by atoms with Crippen LogP contribution in [0.1, 0.15) is 5.56 Å². The first-order valence-corrected chi connectivity index (χ1v) is 8.54. The highest BCUT2D eigenvalue weighted by atomic mass is 79.9. The van der Waals surface area contributed by atoms with Crippen LogP contribution in [-0.4, -0.2) is 17.9 Å². The van der Waals surface area contributed by atoms with E-state index in [2.05, 4.69) is 26.0 Å². The first-order chi connectivity index (χ1) is 11.2. The van der Waals surface area contributed by atoms with Crippen LogP contribution in [0.4, 0.5) is 4.39 Å². The van der Waals surface area contributed by atoms with Crippen molar-refractivity contribution in [1.29, 1.82) is 0 Å². The Morgan fingerprint density at radius 1 is 1.17 bits per heavy atom. The number of aromatic nitrogens is 1. The second-order valence-electron chi connectivity index (χ2n) is 4.75. The number of hydrogen-bond acceptors (Lipinski definition) is 3. The van der Waals surface area contributed by atoms with E-state index in [-0.39, 0.29) is 5.82 Å². The van der Waals surface area contributed by atoms with Gasteiger partial charge in [0.05, 0.1) is 11.9 Å². The zero-order valence-corrected chi connectivity index (χ0v) is 14.7. The number of nitrogens with zero attached hydrogens (tertiary/aromatic N) is 3. The van der Waals surface area contributed by atoms with Gasteiger partial charge in [-0.1, -0.05) is 28.1 Å². The van der Waals surface area contributed by atoms with Crippen LogP contribution < -0.4 is 4.80 Å². The van der Waals surface area contributed by atoms with Gasteiger partial charge in [-0.3, -0.25) is 4.99 Å². The molecule has 0 amide bonds. The third-order valence-electron chi connectivity index (χ3n) is 3.19. The van der Waals surface area contributed by atoms with Gasteiger partial charge < -0.3 is 0 Å². The molecule has 1 heterocycles. The van der Waals surface area contributed by atoms with Gasteiger partial charge >= 0.3 is 0 Å². The van der Waals surface area contributed by atoms with E-state index in [9.17, 15) is 4.39 Å². The Morgan fingerprint density at radius 2 is 1.96 bits per heavy atom. The third-order valence-corrected chi connectivity index (χ3v) is 4.59. The normalized spacial score (nSPS) is 12.2. The Bertz CT molecular complexity index is 910. The van der Waals surface area contributed by atoms with E-state index >= 15 is 0 Å². The standard InChI is InChI=1S/C17H13BrFN3S/c1-20-17-22(21-10-12-3-2-4-14(18)9-12)16(11-23-17)13-5-7-15(19)8-6-13/h2-11H,1H3/b20-17?,21-10-. The minimum absolute atomic E-state index is 0.256. The monoisotopic (exact) mass is 389 g/mol. The maximum Gasteiger partial charge on any atom is 0.205 e. The van der Waals surface area contributed by atoms with Crippen molar-refractivity contribution in [2.45, 2.75) is 0 Å². The molecular formula is C17H13BrFN3S. The first-order valence-electron chi connectivity index (χ1n) is 6.86. The molecule has 0 spiro atoms. The maximum atomic E-state index is 13.1. The predicted octanol–water partition coefficient (Wildman–Crippen LogP) is 4.53. The van der Waals surface area contributed by atoms with E-state index in [4.69, 9.17) is 0 Å². The fraction of sp³-hybridized carbons (Fsp3) is 0.0588. The molecular weight excluding hydrogens is 377 g/mol. The van der Waals surface area contributed by atoms with Crippen LogP contribution in [0.25, 0.3) is 11.3 Å². The fourth-order valence-corrected chi connectivity index (χ4v) is 3.31. The average Bonchev–Trinajstić information content (AvgIpc) is 2.96. The van der Waals surface area contributed by atoms with Crippen molar-refractivity contribution in [2.75, 3.05) is 7.05 Å². The lowest BCUT2D eigenvalue weighted by molar-refractivity contribution is 0.628. The molecule has 0 aliphatic carbocycles. The van der Waals surface area contributed by atoms with Gasteiger partial charge in [-0.2, -0.15) is 5.10 Å². The van der Waals surface area contributed by atoms with Gasteiger partial charge in [-0.15, -0.1) is 11.3 Å². The van der Waals surface area contributed by atoms with E-state index in [0.717, 1.165) is 26.1 Å². The van der Waals surface area contributed by atoms with Crippen LogP contribution in [0.2, 0.25) is 0 Å². The second-order valence-corrected chi connectivity index (χ2v) is 6.50. The molecule has 3 nitrogen and oxygen atoms in total. The van der Waals surface area contributed by atoms with Crippen LogP contribution >= 0.6 is 27.3 Å². The van der Waals surface area contributed by atoms with E-state index < -0.39 is 0 Å². The van der Waals surface area contributed by atoms with Gasteiger partial charge in [0, 0.05) is 22.5 Å². The van der Waals surface area contributed by atoms with Crippen molar-refractivity contribution in [1.82, 2.24) is 4.68 Å². The summed E-state index contributed by atoms with van der Waals surface area (Å²) in [6, 6.07) is 14.2. The zero-order chi connectivity index (χ0) is 16.2. The molecule has 0 aliphatic heterocycles. The van der Waals surface area contributed by atoms with Crippen molar-refractivity contribution < 1.29 is 4.39 Å². The lowest BCUT2D eigenvalue weighted by atomic mass is 10.2.